The van der Waals surface area contributed by atoms with Gasteiger partial charge in [-0.3, -0.25) is 4.68 Å². The van der Waals surface area contributed by atoms with E-state index in [0.717, 1.165) is 11.3 Å². The number of carbonyl (C=O) groups is 1. The number of nitrogens with one attached hydrogen (secondary N) is 1. The minimum absolute atomic E-state index is 0.119. The molecule has 0 aliphatic carbocycles. The third-order valence-corrected chi connectivity index (χ3v) is 2.56. The Labute approximate surface area is 117 Å². The van der Waals surface area contributed by atoms with Gasteiger partial charge in [-0.15, -0.1) is 5.10 Å². The third kappa shape index (κ3) is 4.08. The second kappa shape index (κ2) is 6.70. The Balaban J connectivity index is 1.83. The molecule has 0 aliphatic rings. The monoisotopic (exact) mass is 274 g/mol. The highest BCUT2D eigenvalue weighted by molar-refractivity contribution is 5.67. The number of amides is 1. The largest absolute Gasteiger partial charge is 0.447 e. The van der Waals surface area contributed by atoms with Crippen molar-refractivity contribution in [3.05, 3.63) is 36.5 Å². The van der Waals surface area contributed by atoms with E-state index in [4.69, 9.17) is 4.74 Å². The summed E-state index contributed by atoms with van der Waals surface area (Å²) >= 11 is 0. The van der Waals surface area contributed by atoms with Crippen molar-refractivity contribution in [1.82, 2.24) is 20.3 Å². The molecule has 1 heterocycles. The Kier molecular flexibility index (Phi) is 4.70. The average Bonchev–Trinajstić information content (AvgIpc) is 2.88. The topological polar surface area (TPSA) is 69.0 Å². The number of aromatic nitrogens is 3. The fourth-order valence-electron chi connectivity index (χ4n) is 1.68. The van der Waals surface area contributed by atoms with Crippen molar-refractivity contribution in [2.45, 2.75) is 26.5 Å². The smallest absolute Gasteiger partial charge is 0.407 e. The van der Waals surface area contributed by atoms with Crippen LogP contribution in [0.3, 0.4) is 0 Å². The molecule has 1 aromatic heterocycles. The SMILES string of the molecule is CC(C)OC(=O)NCCn1cc(-c2ccccc2)nn1. The van der Waals surface area contributed by atoms with Crippen LogP contribution in [-0.4, -0.2) is 33.7 Å². The highest BCUT2D eigenvalue weighted by Gasteiger charge is 2.05. The summed E-state index contributed by atoms with van der Waals surface area (Å²) in [6, 6.07) is 9.83. The predicted octanol–water partition coefficient (Wildman–Crippen LogP) is 2.08. The molecule has 0 unspecified atom stereocenters. The van der Waals surface area contributed by atoms with E-state index in [9.17, 15) is 4.79 Å². The zero-order chi connectivity index (χ0) is 14.4. The molecule has 6 nitrogen and oxygen atoms in total. The summed E-state index contributed by atoms with van der Waals surface area (Å²) in [6.45, 7) is 4.61. The van der Waals surface area contributed by atoms with Gasteiger partial charge in [-0.25, -0.2) is 4.79 Å². The summed E-state index contributed by atoms with van der Waals surface area (Å²) in [5.41, 5.74) is 1.83. The number of nitrogens with zero attached hydrogens (tertiary/aromatic N) is 3. The molecule has 106 valence electrons. The Morgan fingerprint density at radius 3 is 2.80 bits per heavy atom. The second-order valence-electron chi connectivity index (χ2n) is 4.61. The van der Waals surface area contributed by atoms with Crippen LogP contribution >= 0.6 is 0 Å². The normalized spacial score (nSPS) is 10.6. The molecule has 1 aromatic carbocycles. The van der Waals surface area contributed by atoms with Gasteiger partial charge in [0.15, 0.2) is 0 Å². The molecule has 2 rings (SSSR count). The maximum atomic E-state index is 11.3. The van der Waals surface area contributed by atoms with Gasteiger partial charge in [0.2, 0.25) is 0 Å². The Morgan fingerprint density at radius 2 is 2.10 bits per heavy atom. The lowest BCUT2D eigenvalue weighted by atomic mass is 10.2. The van der Waals surface area contributed by atoms with Crippen molar-refractivity contribution < 1.29 is 9.53 Å². The molecule has 6 heteroatoms. The second-order valence-corrected chi connectivity index (χ2v) is 4.61. The average molecular weight is 274 g/mol. The Bertz CT molecular complexity index is 551. The predicted molar refractivity (Wildman–Crippen MR) is 75.1 cm³/mol. The number of hydrogen-bond donors (Lipinski definition) is 1. The van der Waals surface area contributed by atoms with Gasteiger partial charge in [-0.2, -0.15) is 0 Å². The van der Waals surface area contributed by atoms with E-state index < -0.39 is 6.09 Å². The molecule has 20 heavy (non-hydrogen) atoms. The van der Waals surface area contributed by atoms with Crippen molar-refractivity contribution in [2.24, 2.45) is 0 Å². The molecular formula is C14H18N4O2. The number of carbonyl (C=O) groups excluding carboxylic acids is 1. The number of ether oxygens (including phenoxy) is 1. The van der Waals surface area contributed by atoms with E-state index in [1.54, 1.807) is 4.68 Å². The van der Waals surface area contributed by atoms with Crippen LogP contribution in [0, 0.1) is 0 Å². The van der Waals surface area contributed by atoms with Crippen molar-refractivity contribution >= 4 is 6.09 Å². The lowest BCUT2D eigenvalue weighted by Gasteiger charge is -2.08. The summed E-state index contributed by atoms with van der Waals surface area (Å²) in [6.07, 6.45) is 1.32. The number of alkyl carbamates (subject to hydrolysis) is 1. The first kappa shape index (κ1) is 14.0. The van der Waals surface area contributed by atoms with Crippen molar-refractivity contribution in [3.63, 3.8) is 0 Å². The molecule has 0 aliphatic heterocycles. The molecule has 1 N–H and O–H groups in total. The first-order valence-corrected chi connectivity index (χ1v) is 6.55. The molecule has 2 aromatic rings. The van der Waals surface area contributed by atoms with E-state index in [0.29, 0.717) is 13.1 Å². The third-order valence-electron chi connectivity index (χ3n) is 2.56. The van der Waals surface area contributed by atoms with Crippen LogP contribution in [-0.2, 0) is 11.3 Å². The van der Waals surface area contributed by atoms with Gasteiger partial charge < -0.3 is 10.1 Å². The van der Waals surface area contributed by atoms with Crippen molar-refractivity contribution in [1.29, 1.82) is 0 Å². The molecule has 0 saturated heterocycles. The van der Waals surface area contributed by atoms with Gasteiger partial charge in [0.1, 0.15) is 5.69 Å². The Hall–Kier alpha value is -2.37. The molecule has 0 fully saturated rings. The van der Waals surface area contributed by atoms with Gasteiger partial charge in [0, 0.05) is 12.1 Å². The maximum Gasteiger partial charge on any atom is 0.407 e. The number of benzene rings is 1. The fourth-order valence-corrected chi connectivity index (χ4v) is 1.68. The van der Waals surface area contributed by atoms with Crippen LogP contribution in [0.5, 0.6) is 0 Å². The first-order valence-electron chi connectivity index (χ1n) is 6.55. The molecular weight excluding hydrogens is 256 g/mol. The lowest BCUT2D eigenvalue weighted by molar-refractivity contribution is 0.115. The summed E-state index contributed by atoms with van der Waals surface area (Å²) in [7, 11) is 0. The molecule has 0 bridgehead atoms. The minimum atomic E-state index is -0.414. The lowest BCUT2D eigenvalue weighted by Crippen LogP contribution is -2.29. The first-order chi connectivity index (χ1) is 9.65. The van der Waals surface area contributed by atoms with Crippen LogP contribution in [0.25, 0.3) is 11.3 Å². The van der Waals surface area contributed by atoms with Crippen LogP contribution in [0.1, 0.15) is 13.8 Å². The van der Waals surface area contributed by atoms with Gasteiger partial charge in [0.05, 0.1) is 18.8 Å². The summed E-state index contributed by atoms with van der Waals surface area (Å²) in [5, 5.41) is 10.8. The van der Waals surface area contributed by atoms with E-state index in [1.165, 1.54) is 0 Å². The van der Waals surface area contributed by atoms with E-state index in [1.807, 2.05) is 50.4 Å². The molecule has 0 spiro atoms. The van der Waals surface area contributed by atoms with Crippen molar-refractivity contribution in [3.8, 4) is 11.3 Å². The van der Waals surface area contributed by atoms with Gasteiger partial charge in [-0.1, -0.05) is 35.5 Å². The zero-order valence-electron chi connectivity index (χ0n) is 11.6. The standard InChI is InChI=1S/C14H18N4O2/c1-11(2)20-14(19)15-8-9-18-10-13(16-17-18)12-6-4-3-5-7-12/h3-7,10-11H,8-9H2,1-2H3,(H,15,19). The highest BCUT2D eigenvalue weighted by atomic mass is 16.6. The van der Waals surface area contributed by atoms with Crippen LogP contribution in [0.4, 0.5) is 4.79 Å². The van der Waals surface area contributed by atoms with E-state index in [-0.39, 0.29) is 6.10 Å². The van der Waals surface area contributed by atoms with Gasteiger partial charge in [-0.05, 0) is 13.8 Å². The minimum Gasteiger partial charge on any atom is -0.447 e. The van der Waals surface area contributed by atoms with Crippen LogP contribution in [0.15, 0.2) is 36.5 Å². The molecule has 1 amide bonds. The fraction of sp³-hybridized carbons (Fsp3) is 0.357. The maximum absolute atomic E-state index is 11.3. The molecule has 0 radical (unpaired) electrons. The zero-order valence-corrected chi connectivity index (χ0v) is 11.6. The van der Waals surface area contributed by atoms with Crippen LogP contribution < -0.4 is 5.32 Å². The van der Waals surface area contributed by atoms with Gasteiger partial charge >= 0.3 is 6.09 Å². The van der Waals surface area contributed by atoms with Gasteiger partial charge in [0.25, 0.3) is 0 Å². The summed E-state index contributed by atoms with van der Waals surface area (Å²) < 4.78 is 6.66. The quantitative estimate of drug-likeness (QED) is 0.906. The van der Waals surface area contributed by atoms with E-state index in [2.05, 4.69) is 15.6 Å². The molecule has 0 atom stereocenters. The summed E-state index contributed by atoms with van der Waals surface area (Å²) in [4.78, 5) is 11.3. The number of rotatable bonds is 5. The van der Waals surface area contributed by atoms with Crippen LogP contribution in [0.2, 0.25) is 0 Å². The van der Waals surface area contributed by atoms with E-state index >= 15 is 0 Å². The van der Waals surface area contributed by atoms with Crippen molar-refractivity contribution in [2.75, 3.05) is 6.54 Å². The Morgan fingerprint density at radius 1 is 1.35 bits per heavy atom. The number of hydrogen-bond acceptors (Lipinski definition) is 4. The molecule has 0 saturated carbocycles. The highest BCUT2D eigenvalue weighted by Crippen LogP contribution is 2.14. The summed E-state index contributed by atoms with van der Waals surface area (Å²) in [5.74, 6) is 0.